The molecule has 2 aromatic heterocycles. The molecule has 1 atom stereocenters. The summed E-state index contributed by atoms with van der Waals surface area (Å²) in [4.78, 5) is 3.79. The Labute approximate surface area is 85.7 Å². The van der Waals surface area contributed by atoms with Gasteiger partial charge < -0.3 is 5.32 Å². The monoisotopic (exact) mass is 207 g/mol. The van der Waals surface area contributed by atoms with E-state index in [1.807, 2.05) is 0 Å². The van der Waals surface area contributed by atoms with Crippen molar-refractivity contribution in [2.24, 2.45) is 0 Å². The smallest absolute Gasteiger partial charge is 0.141 e. The number of pyridine rings is 1. The van der Waals surface area contributed by atoms with Crippen molar-refractivity contribution in [2.75, 3.05) is 7.05 Å². The Hall–Kier alpha value is -1.82. The van der Waals surface area contributed by atoms with E-state index in [2.05, 4.69) is 25.7 Å². The Morgan fingerprint density at radius 1 is 1.40 bits per heavy atom. The predicted octanol–water partition coefficient (Wildman–Crippen LogP) is 0.648. The first kappa shape index (κ1) is 9.72. The summed E-state index contributed by atoms with van der Waals surface area (Å²) in [6.45, 7) is 0. The van der Waals surface area contributed by atoms with Crippen LogP contribution in [0.2, 0.25) is 0 Å². The van der Waals surface area contributed by atoms with Crippen LogP contribution in [-0.4, -0.2) is 27.4 Å². The topological polar surface area (TPSA) is 66.5 Å². The van der Waals surface area contributed by atoms with Crippen LogP contribution in [0.5, 0.6) is 0 Å². The van der Waals surface area contributed by atoms with E-state index in [0.29, 0.717) is 11.3 Å². The molecule has 1 unspecified atom stereocenters. The van der Waals surface area contributed by atoms with Crippen LogP contribution in [0.4, 0.5) is 4.39 Å². The fourth-order valence-electron chi connectivity index (χ4n) is 1.42. The number of aromatic amines is 1. The largest absolute Gasteiger partial charge is 0.308 e. The van der Waals surface area contributed by atoms with Crippen LogP contribution in [0.1, 0.15) is 17.3 Å². The third-order valence-corrected chi connectivity index (χ3v) is 2.08. The number of nitrogens with zero attached hydrogens (tertiary/aromatic N) is 3. The third kappa shape index (κ3) is 1.99. The molecule has 0 radical (unpaired) electrons. The van der Waals surface area contributed by atoms with E-state index in [1.54, 1.807) is 19.4 Å². The van der Waals surface area contributed by atoms with Crippen molar-refractivity contribution >= 4 is 0 Å². The molecule has 0 saturated heterocycles. The van der Waals surface area contributed by atoms with Crippen molar-refractivity contribution in [1.29, 1.82) is 0 Å². The van der Waals surface area contributed by atoms with Crippen molar-refractivity contribution in [3.8, 4) is 0 Å². The molecular weight excluding hydrogens is 197 g/mol. The number of rotatable bonds is 3. The Kier molecular flexibility index (Phi) is 2.68. The molecule has 6 heteroatoms. The van der Waals surface area contributed by atoms with E-state index in [9.17, 15) is 4.39 Å². The van der Waals surface area contributed by atoms with Crippen LogP contribution in [0.15, 0.2) is 24.7 Å². The second-order valence-electron chi connectivity index (χ2n) is 3.05. The van der Waals surface area contributed by atoms with Gasteiger partial charge in [0.05, 0.1) is 18.4 Å². The molecule has 2 N–H and O–H groups in total. The molecule has 2 rings (SSSR count). The minimum atomic E-state index is -0.365. The van der Waals surface area contributed by atoms with Crippen molar-refractivity contribution < 1.29 is 4.39 Å². The first-order valence-corrected chi connectivity index (χ1v) is 4.44. The average molecular weight is 207 g/mol. The molecule has 2 aromatic rings. The molecule has 2 heterocycles. The van der Waals surface area contributed by atoms with E-state index in [0.717, 1.165) is 0 Å². The summed E-state index contributed by atoms with van der Waals surface area (Å²) in [6.07, 6.45) is 4.35. The lowest BCUT2D eigenvalue weighted by Crippen LogP contribution is -2.18. The maximum Gasteiger partial charge on any atom is 0.141 e. The Morgan fingerprint density at radius 3 is 2.87 bits per heavy atom. The fraction of sp³-hybridized carbons (Fsp3) is 0.222. The zero-order valence-corrected chi connectivity index (χ0v) is 8.11. The lowest BCUT2D eigenvalue weighted by Gasteiger charge is -2.12. The van der Waals surface area contributed by atoms with Gasteiger partial charge in [-0.2, -0.15) is 15.4 Å². The Bertz CT molecular complexity index is 428. The van der Waals surface area contributed by atoms with E-state index < -0.39 is 0 Å². The molecule has 78 valence electrons. The van der Waals surface area contributed by atoms with Gasteiger partial charge in [-0.05, 0) is 18.7 Å². The standard InChI is InChI=1S/C9H10FN5/c1-11-9(8-5-13-15-14-8)6-2-7(10)4-12-3-6/h2-5,9,11H,1H3,(H,13,14,15). The molecule has 0 fully saturated rings. The van der Waals surface area contributed by atoms with Gasteiger partial charge in [-0.3, -0.25) is 4.98 Å². The van der Waals surface area contributed by atoms with Crippen LogP contribution in [-0.2, 0) is 0 Å². The Balaban J connectivity index is 2.35. The molecule has 15 heavy (non-hydrogen) atoms. The molecule has 0 bridgehead atoms. The van der Waals surface area contributed by atoms with Crippen molar-refractivity contribution in [3.05, 3.63) is 41.7 Å². The first-order valence-electron chi connectivity index (χ1n) is 4.44. The zero-order chi connectivity index (χ0) is 10.7. The number of halogens is 1. The molecule has 0 spiro atoms. The molecule has 0 aromatic carbocycles. The lowest BCUT2D eigenvalue weighted by molar-refractivity contribution is 0.605. The van der Waals surface area contributed by atoms with Crippen molar-refractivity contribution in [1.82, 2.24) is 25.7 Å². The van der Waals surface area contributed by atoms with Gasteiger partial charge in [-0.15, -0.1) is 0 Å². The van der Waals surface area contributed by atoms with Gasteiger partial charge >= 0.3 is 0 Å². The first-order chi connectivity index (χ1) is 7.31. The van der Waals surface area contributed by atoms with Crippen molar-refractivity contribution in [2.45, 2.75) is 6.04 Å². The van der Waals surface area contributed by atoms with Gasteiger partial charge in [0.15, 0.2) is 0 Å². The van der Waals surface area contributed by atoms with Gasteiger partial charge in [0.2, 0.25) is 0 Å². The lowest BCUT2D eigenvalue weighted by atomic mass is 10.1. The third-order valence-electron chi connectivity index (χ3n) is 2.08. The van der Waals surface area contributed by atoms with Gasteiger partial charge in [-0.1, -0.05) is 0 Å². The summed E-state index contributed by atoms with van der Waals surface area (Å²) in [7, 11) is 1.77. The average Bonchev–Trinajstić information content (AvgIpc) is 2.72. The zero-order valence-electron chi connectivity index (χ0n) is 8.11. The maximum atomic E-state index is 13.0. The summed E-state index contributed by atoms with van der Waals surface area (Å²) in [5.41, 5.74) is 1.41. The quantitative estimate of drug-likeness (QED) is 0.775. The second kappa shape index (κ2) is 4.14. The summed E-state index contributed by atoms with van der Waals surface area (Å²) >= 11 is 0. The second-order valence-corrected chi connectivity index (χ2v) is 3.05. The van der Waals surface area contributed by atoms with E-state index >= 15 is 0 Å². The van der Waals surface area contributed by atoms with Gasteiger partial charge in [-0.25, -0.2) is 4.39 Å². The van der Waals surface area contributed by atoms with Gasteiger partial charge in [0.1, 0.15) is 11.5 Å². The minimum Gasteiger partial charge on any atom is -0.308 e. The molecule has 0 amide bonds. The molecule has 0 saturated carbocycles. The van der Waals surface area contributed by atoms with Gasteiger partial charge in [0.25, 0.3) is 0 Å². The van der Waals surface area contributed by atoms with Crippen LogP contribution < -0.4 is 5.32 Å². The molecule has 0 aliphatic heterocycles. The number of hydrogen-bond donors (Lipinski definition) is 2. The minimum absolute atomic E-state index is 0.202. The fourth-order valence-corrected chi connectivity index (χ4v) is 1.42. The van der Waals surface area contributed by atoms with E-state index in [4.69, 9.17) is 0 Å². The van der Waals surface area contributed by atoms with E-state index in [-0.39, 0.29) is 11.9 Å². The summed E-state index contributed by atoms with van der Waals surface area (Å²) in [6, 6.07) is 1.22. The van der Waals surface area contributed by atoms with Crippen LogP contribution in [0, 0.1) is 5.82 Å². The highest BCUT2D eigenvalue weighted by molar-refractivity contribution is 5.23. The number of nitrogens with one attached hydrogen (secondary N) is 2. The summed E-state index contributed by atoms with van der Waals surface area (Å²) in [5, 5.41) is 13.2. The normalized spacial score (nSPS) is 12.7. The molecular formula is C9H10FN5. The molecule has 0 aliphatic rings. The highest BCUT2D eigenvalue weighted by Gasteiger charge is 2.15. The van der Waals surface area contributed by atoms with Crippen LogP contribution >= 0.6 is 0 Å². The van der Waals surface area contributed by atoms with Crippen LogP contribution in [0.25, 0.3) is 0 Å². The summed E-state index contributed by atoms with van der Waals surface area (Å²) < 4.78 is 13.0. The highest BCUT2D eigenvalue weighted by atomic mass is 19.1. The SMILES string of the molecule is CNC(c1cncc(F)c1)c1cn[nH]n1. The van der Waals surface area contributed by atoms with Gasteiger partial charge in [0, 0.05) is 6.20 Å². The van der Waals surface area contributed by atoms with Crippen molar-refractivity contribution in [3.63, 3.8) is 0 Å². The molecule has 0 aliphatic carbocycles. The molecule has 5 nitrogen and oxygen atoms in total. The highest BCUT2D eigenvalue weighted by Crippen LogP contribution is 2.18. The predicted molar refractivity (Wildman–Crippen MR) is 51.5 cm³/mol. The van der Waals surface area contributed by atoms with E-state index in [1.165, 1.54) is 12.3 Å². The maximum absolute atomic E-state index is 13.0. The number of hydrogen-bond acceptors (Lipinski definition) is 4. The summed E-state index contributed by atoms with van der Waals surface area (Å²) in [5.74, 6) is -0.365. The Morgan fingerprint density at radius 2 is 2.27 bits per heavy atom. The number of aromatic nitrogens is 4. The van der Waals surface area contributed by atoms with Crippen LogP contribution in [0.3, 0.4) is 0 Å². The number of H-pyrrole nitrogens is 1.